The summed E-state index contributed by atoms with van der Waals surface area (Å²) in [7, 11) is -8.59. The minimum atomic E-state index is -10.7. The number of aromatic nitrogens is 2. The van der Waals surface area contributed by atoms with E-state index in [1.165, 1.54) is 51.5 Å². The van der Waals surface area contributed by atoms with Crippen LogP contribution >= 0.6 is 7.81 Å². The van der Waals surface area contributed by atoms with Gasteiger partial charge in [-0.2, -0.15) is 0 Å². The van der Waals surface area contributed by atoms with Crippen LogP contribution in [0.5, 0.6) is 0 Å². The number of hydrogen-bond donors (Lipinski definition) is 0. The Kier molecular flexibility index (Phi) is 7.39. The van der Waals surface area contributed by atoms with Crippen molar-refractivity contribution in [2.45, 2.75) is 58.4 Å². The molecular formula is C13H25F6N2P. The fraction of sp³-hybridized carbons (Fsp3) is 0.769. The second kappa shape index (κ2) is 7.66. The molecule has 0 saturated heterocycles. The molecule has 0 unspecified atom stereocenters. The van der Waals surface area contributed by atoms with Gasteiger partial charge < -0.3 is 0 Å². The van der Waals surface area contributed by atoms with Crippen LogP contribution in [0.25, 0.3) is 0 Å². The zero-order valence-electron chi connectivity index (χ0n) is 13.0. The average Bonchev–Trinajstić information content (AvgIpc) is 2.70. The Morgan fingerprint density at radius 3 is 1.73 bits per heavy atom. The van der Waals surface area contributed by atoms with E-state index in [1.807, 2.05) is 0 Å². The molecule has 0 atom stereocenters. The maximum atomic E-state index is 9.87. The quantitative estimate of drug-likeness (QED) is 0.220. The zero-order chi connectivity index (χ0) is 17.3. The van der Waals surface area contributed by atoms with E-state index in [2.05, 4.69) is 41.8 Å². The third-order valence-corrected chi connectivity index (χ3v) is 2.84. The summed E-state index contributed by atoms with van der Waals surface area (Å²) in [6.45, 7) is 3.45. The predicted octanol–water partition coefficient (Wildman–Crippen LogP) is 6.45. The van der Waals surface area contributed by atoms with Crippen molar-refractivity contribution in [3.05, 3.63) is 18.7 Å². The van der Waals surface area contributed by atoms with Crippen molar-refractivity contribution in [2.75, 3.05) is 0 Å². The molecule has 134 valence electrons. The molecule has 0 N–H and O–H groups in total. The van der Waals surface area contributed by atoms with E-state index >= 15 is 0 Å². The van der Waals surface area contributed by atoms with Gasteiger partial charge in [-0.3, -0.25) is 0 Å². The van der Waals surface area contributed by atoms with Crippen molar-refractivity contribution in [1.29, 1.82) is 0 Å². The van der Waals surface area contributed by atoms with Crippen LogP contribution in [0.4, 0.5) is 25.2 Å². The molecule has 1 aromatic heterocycles. The molecule has 0 bridgehead atoms. The second-order valence-electron chi connectivity index (χ2n) is 5.40. The van der Waals surface area contributed by atoms with Gasteiger partial charge in [0.1, 0.15) is 12.4 Å². The molecule has 0 aliphatic heterocycles. The van der Waals surface area contributed by atoms with Crippen molar-refractivity contribution < 1.29 is 29.7 Å². The van der Waals surface area contributed by atoms with E-state index in [-0.39, 0.29) is 0 Å². The zero-order valence-corrected chi connectivity index (χ0v) is 13.9. The maximum absolute atomic E-state index is 10.7. The van der Waals surface area contributed by atoms with Crippen LogP contribution in [0.15, 0.2) is 18.7 Å². The Morgan fingerprint density at radius 2 is 1.32 bits per heavy atom. The van der Waals surface area contributed by atoms with E-state index in [9.17, 15) is 25.2 Å². The molecule has 1 aromatic rings. The van der Waals surface area contributed by atoms with Crippen molar-refractivity contribution in [3.8, 4) is 0 Å². The molecule has 9 heteroatoms. The number of unbranched alkanes of at least 4 members (excludes halogenated alkanes) is 6. The molecule has 0 spiro atoms. The van der Waals surface area contributed by atoms with Crippen molar-refractivity contribution >= 4 is 7.81 Å². The molecule has 0 aliphatic carbocycles. The van der Waals surface area contributed by atoms with Crippen LogP contribution < -0.4 is 4.57 Å². The van der Waals surface area contributed by atoms with Gasteiger partial charge in [-0.05, 0) is 12.8 Å². The average molecular weight is 354 g/mol. The van der Waals surface area contributed by atoms with Gasteiger partial charge in [0.15, 0.2) is 0 Å². The number of aryl methyl sites for hydroxylation is 2. The summed E-state index contributed by atoms with van der Waals surface area (Å²) in [4.78, 5) is 0. The molecule has 0 radical (unpaired) electrons. The van der Waals surface area contributed by atoms with Crippen LogP contribution in [-0.4, -0.2) is 4.57 Å². The van der Waals surface area contributed by atoms with Crippen LogP contribution in [-0.2, 0) is 13.6 Å². The van der Waals surface area contributed by atoms with Gasteiger partial charge in [0.05, 0.1) is 13.6 Å². The van der Waals surface area contributed by atoms with E-state index < -0.39 is 7.81 Å². The van der Waals surface area contributed by atoms with Gasteiger partial charge in [0.25, 0.3) is 0 Å². The van der Waals surface area contributed by atoms with Gasteiger partial charge in [-0.15, -0.1) is 0 Å². The Labute approximate surface area is 127 Å². The summed E-state index contributed by atoms with van der Waals surface area (Å²) in [5.74, 6) is 0. The van der Waals surface area contributed by atoms with Crippen LogP contribution in [0.2, 0.25) is 0 Å². The number of halogens is 6. The summed E-state index contributed by atoms with van der Waals surface area (Å²) in [5, 5.41) is 0. The standard InChI is InChI=1S/C13H25N2.F6P/c1-3-4-5-6-7-8-9-10-15-12-11-14(2)13-15;1-7(2,3,4,5)6/h11-13H,3-10H2,1-2H3;/q+1;-1. The first-order chi connectivity index (χ1) is 9.78. The molecule has 1 rings (SSSR count). The SMILES string of the molecule is CCCCCCCCCn1cc[n+](C)c1.F[P-](F)(F)(F)(F)F. The number of hydrogen-bond acceptors (Lipinski definition) is 0. The molecule has 0 amide bonds. The van der Waals surface area contributed by atoms with Crippen LogP contribution in [0.3, 0.4) is 0 Å². The van der Waals surface area contributed by atoms with Crippen molar-refractivity contribution in [1.82, 2.24) is 4.57 Å². The Morgan fingerprint density at radius 1 is 0.864 bits per heavy atom. The van der Waals surface area contributed by atoms with Gasteiger partial charge in [0.2, 0.25) is 6.33 Å². The molecule has 2 nitrogen and oxygen atoms in total. The van der Waals surface area contributed by atoms with Crippen LogP contribution in [0, 0.1) is 0 Å². The van der Waals surface area contributed by atoms with Crippen LogP contribution in [0.1, 0.15) is 51.9 Å². The molecular weight excluding hydrogens is 329 g/mol. The summed E-state index contributed by atoms with van der Waals surface area (Å²) in [6.07, 6.45) is 16.1. The van der Waals surface area contributed by atoms with Gasteiger partial charge >= 0.3 is 33.0 Å². The van der Waals surface area contributed by atoms with E-state index in [0.717, 1.165) is 0 Å². The summed E-state index contributed by atoms with van der Waals surface area (Å²) >= 11 is 0. The fourth-order valence-corrected chi connectivity index (χ4v) is 1.89. The first kappa shape index (κ1) is 21.2. The summed E-state index contributed by atoms with van der Waals surface area (Å²) in [5.41, 5.74) is 0. The molecule has 22 heavy (non-hydrogen) atoms. The monoisotopic (exact) mass is 354 g/mol. The molecule has 0 saturated carbocycles. The Hall–Kier alpha value is -0.780. The molecule has 0 aromatic carbocycles. The van der Waals surface area contributed by atoms with E-state index in [0.29, 0.717) is 0 Å². The topological polar surface area (TPSA) is 8.81 Å². The van der Waals surface area contributed by atoms with Crippen molar-refractivity contribution in [3.63, 3.8) is 0 Å². The minimum absolute atomic E-state index is 1.18. The Balaban J connectivity index is 0.000000534. The van der Waals surface area contributed by atoms with Crippen molar-refractivity contribution in [2.24, 2.45) is 7.05 Å². The van der Waals surface area contributed by atoms with E-state index in [4.69, 9.17) is 0 Å². The normalized spacial score (nSPS) is 14.7. The number of nitrogens with zero attached hydrogens (tertiary/aromatic N) is 2. The third kappa shape index (κ3) is 21.5. The summed E-state index contributed by atoms with van der Waals surface area (Å²) < 4.78 is 63.6. The number of rotatable bonds is 8. The fourth-order valence-electron chi connectivity index (χ4n) is 1.89. The van der Waals surface area contributed by atoms with Gasteiger partial charge in [-0.1, -0.05) is 39.0 Å². The second-order valence-corrected chi connectivity index (χ2v) is 7.31. The molecule has 0 aliphatic rings. The Bertz CT molecular complexity index is 415. The molecule has 0 fully saturated rings. The molecule has 1 heterocycles. The summed E-state index contributed by atoms with van der Waals surface area (Å²) in [6, 6.07) is 0. The van der Waals surface area contributed by atoms with Gasteiger partial charge in [0, 0.05) is 0 Å². The number of imidazole rings is 1. The third-order valence-electron chi connectivity index (χ3n) is 2.84. The predicted molar refractivity (Wildman–Crippen MR) is 77.2 cm³/mol. The van der Waals surface area contributed by atoms with E-state index in [1.54, 1.807) is 0 Å². The first-order valence-corrected chi connectivity index (χ1v) is 9.38. The van der Waals surface area contributed by atoms with Gasteiger partial charge in [-0.25, -0.2) is 9.13 Å². The first-order valence-electron chi connectivity index (χ1n) is 7.35.